The first kappa shape index (κ1) is 21.9. The Bertz CT molecular complexity index is 1100. The van der Waals surface area contributed by atoms with E-state index in [4.69, 9.17) is 9.47 Å². The van der Waals surface area contributed by atoms with Gasteiger partial charge < -0.3 is 14.8 Å². The fraction of sp³-hybridized carbons (Fsp3) is 0.333. The maximum Gasteiger partial charge on any atom is 0.337 e. The highest BCUT2D eigenvalue weighted by Crippen LogP contribution is 2.47. The normalized spacial score (nSPS) is 20.7. The molecule has 0 radical (unpaired) electrons. The van der Waals surface area contributed by atoms with Crippen molar-refractivity contribution >= 4 is 11.8 Å². The third kappa shape index (κ3) is 4.07. The van der Waals surface area contributed by atoms with Crippen LogP contribution in [0.4, 0.5) is 0 Å². The zero-order valence-corrected chi connectivity index (χ0v) is 19.0. The lowest BCUT2D eigenvalue weighted by molar-refractivity contribution is -0.143. The van der Waals surface area contributed by atoms with Crippen LogP contribution in [0.15, 0.2) is 77.1 Å². The number of benzene rings is 2. The monoisotopic (exact) mass is 431 g/mol. The van der Waals surface area contributed by atoms with E-state index in [1.807, 2.05) is 63.2 Å². The van der Waals surface area contributed by atoms with Crippen LogP contribution in [0.25, 0.3) is 0 Å². The molecule has 0 spiro atoms. The van der Waals surface area contributed by atoms with Crippen LogP contribution in [-0.4, -0.2) is 25.0 Å². The lowest BCUT2D eigenvalue weighted by Crippen LogP contribution is -2.36. The van der Waals surface area contributed by atoms with E-state index in [2.05, 4.69) is 17.4 Å². The second-order valence-electron chi connectivity index (χ2n) is 8.62. The topological polar surface area (TPSA) is 64.6 Å². The van der Waals surface area contributed by atoms with E-state index >= 15 is 0 Å². The molecule has 5 heteroatoms. The summed E-state index contributed by atoms with van der Waals surface area (Å²) in [7, 11) is 1.60. The number of nitrogens with one attached hydrogen (secondary N) is 1. The zero-order chi connectivity index (χ0) is 22.8. The van der Waals surface area contributed by atoms with Gasteiger partial charge in [-0.3, -0.25) is 4.79 Å². The largest absolute Gasteiger partial charge is 0.496 e. The molecule has 0 aromatic heterocycles. The number of hydrogen-bond acceptors (Lipinski definition) is 5. The van der Waals surface area contributed by atoms with Gasteiger partial charge >= 0.3 is 5.97 Å². The van der Waals surface area contributed by atoms with Crippen molar-refractivity contribution in [3.05, 3.63) is 88.3 Å². The van der Waals surface area contributed by atoms with Gasteiger partial charge in [-0.05, 0) is 44.7 Å². The number of ether oxygens (including phenoxy) is 2. The SMILES string of the molecule is COc1ccccc1[C@H]1C(C(=O)OC(C)C)=C(C)NC2=C1C(=O)C[C@@H](c1ccccc1)C2. The number of para-hydroxylation sites is 1. The van der Waals surface area contributed by atoms with Gasteiger partial charge in [0.25, 0.3) is 0 Å². The number of methoxy groups -OCH3 is 1. The van der Waals surface area contributed by atoms with Gasteiger partial charge in [0.15, 0.2) is 5.78 Å². The number of carbonyl (C=O) groups excluding carboxylic acids is 2. The summed E-state index contributed by atoms with van der Waals surface area (Å²) in [6.45, 7) is 5.52. The van der Waals surface area contributed by atoms with Gasteiger partial charge in [-0.2, -0.15) is 0 Å². The van der Waals surface area contributed by atoms with E-state index in [1.165, 1.54) is 0 Å². The molecule has 2 aromatic rings. The Balaban J connectivity index is 1.84. The quantitative estimate of drug-likeness (QED) is 0.675. The van der Waals surface area contributed by atoms with E-state index < -0.39 is 11.9 Å². The number of hydrogen-bond donors (Lipinski definition) is 1. The molecule has 0 unspecified atom stereocenters. The zero-order valence-electron chi connectivity index (χ0n) is 19.0. The molecule has 32 heavy (non-hydrogen) atoms. The number of Topliss-reactive ketones (excluding diaryl/α,β-unsaturated/α-hetero) is 1. The number of allylic oxidation sites excluding steroid dienone is 3. The second kappa shape index (κ2) is 9.03. The second-order valence-corrected chi connectivity index (χ2v) is 8.62. The predicted octanol–water partition coefficient (Wildman–Crippen LogP) is 5.01. The lowest BCUT2D eigenvalue weighted by Gasteiger charge is -2.37. The highest BCUT2D eigenvalue weighted by Gasteiger charge is 2.42. The molecule has 2 aliphatic rings. The summed E-state index contributed by atoms with van der Waals surface area (Å²) >= 11 is 0. The van der Waals surface area contributed by atoms with Crippen molar-refractivity contribution in [1.29, 1.82) is 0 Å². The molecular weight excluding hydrogens is 402 g/mol. The number of dihydropyridines is 1. The first-order chi connectivity index (χ1) is 15.4. The van der Waals surface area contributed by atoms with Gasteiger partial charge in [0.2, 0.25) is 0 Å². The maximum atomic E-state index is 13.6. The molecule has 1 aliphatic carbocycles. The van der Waals surface area contributed by atoms with Crippen molar-refractivity contribution in [1.82, 2.24) is 5.32 Å². The summed E-state index contributed by atoms with van der Waals surface area (Å²) in [6.07, 6.45) is 0.850. The van der Waals surface area contributed by atoms with E-state index in [0.717, 1.165) is 16.8 Å². The first-order valence-corrected chi connectivity index (χ1v) is 11.0. The molecule has 0 fully saturated rings. The van der Waals surface area contributed by atoms with Crippen LogP contribution in [-0.2, 0) is 14.3 Å². The van der Waals surface area contributed by atoms with E-state index in [-0.39, 0.29) is 17.8 Å². The van der Waals surface area contributed by atoms with Gasteiger partial charge in [-0.15, -0.1) is 0 Å². The number of esters is 1. The summed E-state index contributed by atoms with van der Waals surface area (Å²) in [5.74, 6) is -0.147. The van der Waals surface area contributed by atoms with Crippen LogP contribution < -0.4 is 10.1 Å². The molecule has 1 aliphatic heterocycles. The molecule has 0 amide bonds. The Kier molecular flexibility index (Phi) is 6.17. The smallest absolute Gasteiger partial charge is 0.337 e. The third-order valence-electron chi connectivity index (χ3n) is 6.11. The van der Waals surface area contributed by atoms with Gasteiger partial charge in [-0.1, -0.05) is 48.5 Å². The molecular formula is C27H29NO4. The molecule has 0 saturated heterocycles. The average molecular weight is 432 g/mol. The van der Waals surface area contributed by atoms with Crippen LogP contribution >= 0.6 is 0 Å². The van der Waals surface area contributed by atoms with E-state index in [9.17, 15) is 9.59 Å². The Morgan fingerprint density at radius 2 is 1.72 bits per heavy atom. The molecule has 2 atom stereocenters. The van der Waals surface area contributed by atoms with Crippen LogP contribution in [0.2, 0.25) is 0 Å². The maximum absolute atomic E-state index is 13.6. The molecule has 0 bridgehead atoms. The van der Waals surface area contributed by atoms with Crippen LogP contribution in [0.1, 0.15) is 56.6 Å². The summed E-state index contributed by atoms with van der Waals surface area (Å²) < 4.78 is 11.2. The van der Waals surface area contributed by atoms with Crippen molar-refractivity contribution in [2.24, 2.45) is 0 Å². The fourth-order valence-electron chi connectivity index (χ4n) is 4.76. The summed E-state index contributed by atoms with van der Waals surface area (Å²) in [5.41, 5.74) is 4.65. The molecule has 1 heterocycles. The van der Waals surface area contributed by atoms with Crippen molar-refractivity contribution < 1.29 is 19.1 Å². The van der Waals surface area contributed by atoms with Crippen LogP contribution in [0.3, 0.4) is 0 Å². The highest BCUT2D eigenvalue weighted by atomic mass is 16.5. The van der Waals surface area contributed by atoms with E-state index in [1.54, 1.807) is 7.11 Å². The van der Waals surface area contributed by atoms with Crippen LogP contribution in [0, 0.1) is 0 Å². The molecule has 0 saturated carbocycles. The standard InChI is InChI=1S/C27H29NO4/c1-16(2)32-27(30)24-17(3)28-21-14-19(18-10-6-5-7-11-18)15-22(29)26(21)25(24)20-12-8-9-13-23(20)31-4/h5-13,16,19,25,28H,14-15H2,1-4H3/t19-,25-/m0/s1. The minimum Gasteiger partial charge on any atom is -0.496 e. The van der Waals surface area contributed by atoms with Crippen LogP contribution in [0.5, 0.6) is 5.75 Å². The molecule has 166 valence electrons. The first-order valence-electron chi connectivity index (χ1n) is 11.0. The lowest BCUT2D eigenvalue weighted by atomic mass is 9.71. The fourth-order valence-corrected chi connectivity index (χ4v) is 4.76. The summed E-state index contributed by atoms with van der Waals surface area (Å²) in [5, 5.41) is 3.39. The Labute approximate surface area is 189 Å². The van der Waals surface area contributed by atoms with Gasteiger partial charge in [0.05, 0.1) is 24.7 Å². The summed E-state index contributed by atoms with van der Waals surface area (Å²) in [4.78, 5) is 26.8. The summed E-state index contributed by atoms with van der Waals surface area (Å²) in [6, 6.07) is 17.7. The molecule has 4 rings (SSSR count). The Morgan fingerprint density at radius 3 is 2.41 bits per heavy atom. The third-order valence-corrected chi connectivity index (χ3v) is 6.11. The number of rotatable bonds is 5. The number of ketones is 1. The number of carbonyl (C=O) groups is 2. The minimum atomic E-state index is -0.530. The van der Waals surface area contributed by atoms with Crippen molar-refractivity contribution in [2.45, 2.75) is 51.6 Å². The average Bonchev–Trinajstić information content (AvgIpc) is 2.78. The molecule has 1 N–H and O–H groups in total. The predicted molar refractivity (Wildman–Crippen MR) is 123 cm³/mol. The molecule has 2 aromatic carbocycles. The Morgan fingerprint density at radius 1 is 1.03 bits per heavy atom. The van der Waals surface area contributed by atoms with Crippen molar-refractivity contribution in [3.63, 3.8) is 0 Å². The van der Waals surface area contributed by atoms with Crippen molar-refractivity contribution in [3.8, 4) is 5.75 Å². The molecule has 5 nitrogen and oxygen atoms in total. The van der Waals surface area contributed by atoms with E-state index in [0.29, 0.717) is 35.4 Å². The van der Waals surface area contributed by atoms with Crippen molar-refractivity contribution in [2.75, 3.05) is 7.11 Å². The minimum absolute atomic E-state index is 0.0471. The Hall–Kier alpha value is -3.34. The van der Waals surface area contributed by atoms with Gasteiger partial charge in [0, 0.05) is 29.0 Å². The van der Waals surface area contributed by atoms with Gasteiger partial charge in [-0.25, -0.2) is 4.79 Å². The van der Waals surface area contributed by atoms with Gasteiger partial charge in [0.1, 0.15) is 5.75 Å². The highest BCUT2D eigenvalue weighted by molar-refractivity contribution is 6.04.